The molecule has 1 aliphatic rings. The number of anilines is 1. The van der Waals surface area contributed by atoms with Crippen molar-refractivity contribution in [3.63, 3.8) is 0 Å². The maximum atomic E-state index is 13.1. The highest BCUT2D eigenvalue weighted by Gasteiger charge is 2.32. The van der Waals surface area contributed by atoms with Gasteiger partial charge in [-0.3, -0.25) is 14.5 Å². The highest BCUT2D eigenvalue weighted by molar-refractivity contribution is 5.94. The highest BCUT2D eigenvalue weighted by Crippen LogP contribution is 2.27. The monoisotopic (exact) mass is 381 g/mol. The second-order valence-electron chi connectivity index (χ2n) is 7.38. The van der Waals surface area contributed by atoms with Gasteiger partial charge in [0.05, 0.1) is 5.69 Å². The molecule has 2 aromatic rings. The number of benzene rings is 2. The minimum Gasteiger partial charge on any atom is -0.506 e. The Labute approximate surface area is 165 Å². The maximum Gasteiger partial charge on any atom is 0.244 e. The maximum absolute atomic E-state index is 13.1. The topological polar surface area (TPSA) is 72.9 Å². The summed E-state index contributed by atoms with van der Waals surface area (Å²) in [6.07, 6.45) is 1.22. The summed E-state index contributed by atoms with van der Waals surface area (Å²) in [6, 6.07) is 16.1. The Balaban J connectivity index is 1.60. The lowest BCUT2D eigenvalue weighted by Gasteiger charge is -2.35. The van der Waals surface area contributed by atoms with Crippen LogP contribution in [0.1, 0.15) is 24.4 Å². The summed E-state index contributed by atoms with van der Waals surface area (Å²) in [4.78, 5) is 29.4. The second kappa shape index (κ2) is 8.89. The van der Waals surface area contributed by atoms with Gasteiger partial charge in [-0.1, -0.05) is 42.5 Å². The van der Waals surface area contributed by atoms with Crippen molar-refractivity contribution < 1.29 is 14.7 Å². The largest absolute Gasteiger partial charge is 0.506 e. The standard InChI is InChI=1S/C22H27N3O3/c1-24(2)20(16-8-4-3-5-9-16)22(28)25-14-12-17(13-15-25)21(27)23-18-10-6-7-11-19(18)26/h3-11,17,20,26H,12-15H2,1-2H3,(H,23,27). The molecule has 2 N–H and O–H groups in total. The molecule has 1 saturated heterocycles. The van der Waals surface area contributed by atoms with Crippen LogP contribution in [0.3, 0.4) is 0 Å². The Morgan fingerprint density at radius 1 is 1.04 bits per heavy atom. The third-order valence-corrected chi connectivity index (χ3v) is 5.20. The molecule has 6 nitrogen and oxygen atoms in total. The van der Waals surface area contributed by atoms with E-state index in [9.17, 15) is 14.7 Å². The molecule has 6 heteroatoms. The van der Waals surface area contributed by atoms with E-state index in [1.807, 2.05) is 54.2 Å². The fourth-order valence-corrected chi connectivity index (χ4v) is 3.65. The summed E-state index contributed by atoms with van der Waals surface area (Å²) in [5.41, 5.74) is 1.39. The van der Waals surface area contributed by atoms with Crippen LogP contribution in [0.5, 0.6) is 5.75 Å². The Hall–Kier alpha value is -2.86. The summed E-state index contributed by atoms with van der Waals surface area (Å²) >= 11 is 0. The first kappa shape index (κ1) is 19.9. The minimum absolute atomic E-state index is 0.0557. The molecule has 0 radical (unpaired) electrons. The smallest absolute Gasteiger partial charge is 0.244 e. The van der Waals surface area contributed by atoms with Crippen molar-refractivity contribution >= 4 is 17.5 Å². The van der Waals surface area contributed by atoms with Gasteiger partial charge < -0.3 is 15.3 Å². The van der Waals surface area contributed by atoms with Gasteiger partial charge in [-0.05, 0) is 44.6 Å². The number of likely N-dealkylation sites (tertiary alicyclic amines) is 1. The van der Waals surface area contributed by atoms with Gasteiger partial charge in [0.25, 0.3) is 0 Å². The van der Waals surface area contributed by atoms with Gasteiger partial charge >= 0.3 is 0 Å². The third kappa shape index (κ3) is 4.51. The number of rotatable bonds is 5. The van der Waals surface area contributed by atoms with Gasteiger partial charge in [0, 0.05) is 19.0 Å². The number of phenols is 1. The molecule has 0 saturated carbocycles. The second-order valence-corrected chi connectivity index (χ2v) is 7.38. The summed E-state index contributed by atoms with van der Waals surface area (Å²) in [7, 11) is 3.81. The van der Waals surface area contributed by atoms with Crippen LogP contribution in [0.4, 0.5) is 5.69 Å². The molecular weight excluding hydrogens is 354 g/mol. The fourth-order valence-electron chi connectivity index (χ4n) is 3.65. The van der Waals surface area contributed by atoms with Gasteiger partial charge in [0.2, 0.25) is 11.8 Å². The van der Waals surface area contributed by atoms with Crippen molar-refractivity contribution in [1.29, 1.82) is 0 Å². The number of hydrogen-bond donors (Lipinski definition) is 2. The van der Waals surface area contributed by atoms with Gasteiger partial charge in [0.1, 0.15) is 11.8 Å². The van der Waals surface area contributed by atoms with Crippen molar-refractivity contribution in [1.82, 2.24) is 9.80 Å². The van der Waals surface area contributed by atoms with E-state index in [-0.39, 0.29) is 29.5 Å². The molecule has 28 heavy (non-hydrogen) atoms. The first-order valence-electron chi connectivity index (χ1n) is 9.56. The van der Waals surface area contributed by atoms with E-state index < -0.39 is 0 Å². The van der Waals surface area contributed by atoms with Gasteiger partial charge in [-0.25, -0.2) is 0 Å². The number of piperidine rings is 1. The first-order valence-corrected chi connectivity index (χ1v) is 9.56. The summed E-state index contributed by atoms with van der Waals surface area (Å²) in [5.74, 6) is -0.157. The van der Waals surface area contributed by atoms with Crippen molar-refractivity contribution in [3.8, 4) is 5.75 Å². The molecule has 0 bridgehead atoms. The summed E-state index contributed by atoms with van der Waals surface area (Å²) < 4.78 is 0. The average molecular weight is 381 g/mol. The molecule has 0 spiro atoms. The third-order valence-electron chi connectivity index (χ3n) is 5.20. The number of carbonyl (C=O) groups is 2. The molecule has 2 aromatic carbocycles. The van der Waals surface area contributed by atoms with E-state index in [0.717, 1.165) is 5.56 Å². The predicted molar refractivity (Wildman–Crippen MR) is 109 cm³/mol. The lowest BCUT2D eigenvalue weighted by atomic mass is 9.94. The van der Waals surface area contributed by atoms with Crippen molar-refractivity contribution in [2.75, 3.05) is 32.5 Å². The fraction of sp³-hybridized carbons (Fsp3) is 0.364. The van der Waals surface area contributed by atoms with E-state index in [4.69, 9.17) is 0 Å². The predicted octanol–water partition coefficient (Wildman–Crippen LogP) is 2.87. The quantitative estimate of drug-likeness (QED) is 0.781. The number of phenolic OH excluding ortho intramolecular Hbond substituents is 1. The van der Waals surface area contributed by atoms with Crippen LogP contribution < -0.4 is 5.32 Å². The number of likely N-dealkylation sites (N-methyl/N-ethyl adjacent to an activating group) is 1. The summed E-state index contributed by atoms with van der Waals surface area (Å²) in [5, 5.41) is 12.6. The minimum atomic E-state index is -0.326. The van der Waals surface area contributed by atoms with E-state index in [1.54, 1.807) is 24.3 Å². The zero-order valence-corrected chi connectivity index (χ0v) is 16.3. The summed E-state index contributed by atoms with van der Waals surface area (Å²) in [6.45, 7) is 1.10. The number of para-hydroxylation sites is 2. The normalized spacial score (nSPS) is 16.0. The Morgan fingerprint density at radius 3 is 2.25 bits per heavy atom. The lowest BCUT2D eigenvalue weighted by Crippen LogP contribution is -2.46. The van der Waals surface area contributed by atoms with E-state index in [2.05, 4.69) is 5.32 Å². The Bertz CT molecular complexity index is 815. The molecule has 1 aliphatic heterocycles. The van der Waals surface area contributed by atoms with Crippen LogP contribution in [0.25, 0.3) is 0 Å². The molecule has 0 aromatic heterocycles. The molecular formula is C22H27N3O3. The zero-order chi connectivity index (χ0) is 20.1. The first-order chi connectivity index (χ1) is 13.5. The van der Waals surface area contributed by atoms with Crippen LogP contribution in [-0.4, -0.2) is 53.9 Å². The van der Waals surface area contributed by atoms with Crippen LogP contribution >= 0.6 is 0 Å². The molecule has 148 valence electrons. The molecule has 2 amide bonds. The Morgan fingerprint density at radius 2 is 1.64 bits per heavy atom. The number of carbonyl (C=O) groups excluding carboxylic acids is 2. The van der Waals surface area contributed by atoms with Gasteiger partial charge in [-0.2, -0.15) is 0 Å². The van der Waals surface area contributed by atoms with Crippen LogP contribution in [0, 0.1) is 5.92 Å². The number of nitrogens with zero attached hydrogens (tertiary/aromatic N) is 2. The van der Waals surface area contributed by atoms with E-state index >= 15 is 0 Å². The zero-order valence-electron chi connectivity index (χ0n) is 16.3. The van der Waals surface area contributed by atoms with Crippen LogP contribution in [0.2, 0.25) is 0 Å². The average Bonchev–Trinajstić information content (AvgIpc) is 2.70. The lowest BCUT2D eigenvalue weighted by molar-refractivity contribution is -0.139. The SMILES string of the molecule is CN(C)C(C(=O)N1CCC(C(=O)Nc2ccccc2O)CC1)c1ccccc1. The van der Waals surface area contributed by atoms with Gasteiger partial charge in [-0.15, -0.1) is 0 Å². The molecule has 3 rings (SSSR count). The van der Waals surface area contributed by atoms with E-state index in [1.165, 1.54) is 0 Å². The van der Waals surface area contributed by atoms with Gasteiger partial charge in [0.15, 0.2) is 0 Å². The number of aromatic hydroxyl groups is 1. The van der Waals surface area contributed by atoms with Crippen molar-refractivity contribution in [2.24, 2.45) is 5.92 Å². The molecule has 1 unspecified atom stereocenters. The molecule has 1 fully saturated rings. The van der Waals surface area contributed by atoms with Crippen LogP contribution in [0.15, 0.2) is 54.6 Å². The van der Waals surface area contributed by atoms with Crippen LogP contribution in [-0.2, 0) is 9.59 Å². The Kier molecular flexibility index (Phi) is 6.31. The molecule has 1 atom stereocenters. The van der Waals surface area contributed by atoms with Crippen molar-refractivity contribution in [2.45, 2.75) is 18.9 Å². The highest BCUT2D eigenvalue weighted by atomic mass is 16.3. The number of hydrogen-bond acceptors (Lipinski definition) is 4. The van der Waals surface area contributed by atoms with Crippen molar-refractivity contribution in [3.05, 3.63) is 60.2 Å². The van der Waals surface area contributed by atoms with E-state index in [0.29, 0.717) is 31.6 Å². The number of nitrogens with one attached hydrogen (secondary N) is 1. The number of amides is 2. The molecule has 0 aliphatic carbocycles. The molecule has 1 heterocycles.